The number of amides is 2. The van der Waals surface area contributed by atoms with Crippen molar-refractivity contribution in [2.75, 3.05) is 16.2 Å². The Morgan fingerprint density at radius 2 is 1.77 bits per heavy atom. The number of carbonyl (C=O) groups is 2. The summed E-state index contributed by atoms with van der Waals surface area (Å²) >= 11 is 5.99. The molecule has 3 N–H and O–H groups in total. The van der Waals surface area contributed by atoms with Crippen LogP contribution < -0.4 is 15.4 Å². The Bertz CT molecular complexity index is 943. The lowest BCUT2D eigenvalue weighted by molar-refractivity contribution is -0.116. The van der Waals surface area contributed by atoms with Crippen LogP contribution in [0, 0.1) is 6.92 Å². The molecular weight excluding hydrogens is 378 g/mol. The molecule has 0 heterocycles. The largest absolute Gasteiger partial charge is 0.368 e. The smallest absolute Gasteiger partial charge is 0.264 e. The SMILES string of the molecule is CC(=O)Nc1ccc(S(=O)(=O)N(CC(N)=O)c2ccc(Cl)c(C)c2)cc1. The highest BCUT2D eigenvalue weighted by molar-refractivity contribution is 7.92. The van der Waals surface area contributed by atoms with E-state index in [0.717, 1.165) is 4.31 Å². The lowest BCUT2D eigenvalue weighted by Gasteiger charge is -2.24. The lowest BCUT2D eigenvalue weighted by atomic mass is 10.2. The molecule has 2 amide bonds. The van der Waals surface area contributed by atoms with Crippen LogP contribution in [0.5, 0.6) is 0 Å². The first-order chi connectivity index (χ1) is 12.1. The first kappa shape index (κ1) is 19.7. The fourth-order valence-electron chi connectivity index (χ4n) is 2.28. The molecule has 0 unspecified atom stereocenters. The summed E-state index contributed by atoms with van der Waals surface area (Å²) in [5.41, 5.74) is 6.63. The molecule has 0 aliphatic rings. The third-order valence-electron chi connectivity index (χ3n) is 3.49. The molecule has 0 radical (unpaired) electrons. The Morgan fingerprint density at radius 3 is 2.27 bits per heavy atom. The van der Waals surface area contributed by atoms with Crippen molar-refractivity contribution in [1.82, 2.24) is 0 Å². The third-order valence-corrected chi connectivity index (χ3v) is 5.70. The summed E-state index contributed by atoms with van der Waals surface area (Å²) in [6.07, 6.45) is 0. The Labute approximate surface area is 156 Å². The number of benzene rings is 2. The van der Waals surface area contributed by atoms with E-state index in [2.05, 4.69) is 5.32 Å². The van der Waals surface area contributed by atoms with Gasteiger partial charge in [-0.15, -0.1) is 0 Å². The fraction of sp³-hybridized carbons (Fsp3) is 0.176. The van der Waals surface area contributed by atoms with Gasteiger partial charge in [-0.05, 0) is 55.0 Å². The quantitative estimate of drug-likeness (QED) is 0.781. The zero-order valence-electron chi connectivity index (χ0n) is 14.2. The predicted octanol–water partition coefficient (Wildman–Crippen LogP) is 2.29. The summed E-state index contributed by atoms with van der Waals surface area (Å²) in [6.45, 7) is 2.56. The molecule has 2 aromatic rings. The lowest BCUT2D eigenvalue weighted by Crippen LogP contribution is -2.38. The maximum atomic E-state index is 13.0. The van der Waals surface area contributed by atoms with E-state index in [1.807, 2.05) is 0 Å². The topological polar surface area (TPSA) is 110 Å². The van der Waals surface area contributed by atoms with Gasteiger partial charge < -0.3 is 11.1 Å². The van der Waals surface area contributed by atoms with Crippen LogP contribution in [0.3, 0.4) is 0 Å². The van der Waals surface area contributed by atoms with E-state index in [1.54, 1.807) is 19.1 Å². The van der Waals surface area contributed by atoms with E-state index < -0.39 is 22.5 Å². The molecule has 2 aromatic carbocycles. The number of halogens is 1. The molecule has 2 rings (SSSR count). The molecule has 0 aromatic heterocycles. The second kappa shape index (κ2) is 7.76. The fourth-order valence-corrected chi connectivity index (χ4v) is 3.82. The molecule has 26 heavy (non-hydrogen) atoms. The van der Waals surface area contributed by atoms with Gasteiger partial charge >= 0.3 is 0 Å². The van der Waals surface area contributed by atoms with Gasteiger partial charge in [0.25, 0.3) is 10.0 Å². The molecule has 9 heteroatoms. The third kappa shape index (κ3) is 4.53. The van der Waals surface area contributed by atoms with Gasteiger partial charge in [0.15, 0.2) is 0 Å². The molecule has 138 valence electrons. The van der Waals surface area contributed by atoms with Crippen molar-refractivity contribution in [3.63, 3.8) is 0 Å². The minimum absolute atomic E-state index is 0.0412. The zero-order valence-corrected chi connectivity index (χ0v) is 15.8. The van der Waals surface area contributed by atoms with Crippen LogP contribution in [0.2, 0.25) is 5.02 Å². The summed E-state index contributed by atoms with van der Waals surface area (Å²) in [5, 5.41) is 3.03. The van der Waals surface area contributed by atoms with Gasteiger partial charge in [-0.25, -0.2) is 8.42 Å². The average molecular weight is 396 g/mol. The van der Waals surface area contributed by atoms with E-state index in [0.29, 0.717) is 16.3 Å². The van der Waals surface area contributed by atoms with Crippen LogP contribution in [0.4, 0.5) is 11.4 Å². The molecule has 0 atom stereocenters. The number of carbonyl (C=O) groups excluding carboxylic acids is 2. The van der Waals surface area contributed by atoms with Crippen molar-refractivity contribution in [2.45, 2.75) is 18.7 Å². The van der Waals surface area contributed by atoms with Crippen molar-refractivity contribution in [1.29, 1.82) is 0 Å². The first-order valence-electron chi connectivity index (χ1n) is 7.56. The van der Waals surface area contributed by atoms with E-state index in [1.165, 1.54) is 37.3 Å². The van der Waals surface area contributed by atoms with Gasteiger partial charge in [-0.1, -0.05) is 11.6 Å². The van der Waals surface area contributed by atoms with Gasteiger partial charge in [0.2, 0.25) is 11.8 Å². The molecule has 0 saturated heterocycles. The van der Waals surface area contributed by atoms with Crippen LogP contribution in [0.25, 0.3) is 0 Å². The molecule has 0 saturated carbocycles. The summed E-state index contributed by atoms with van der Waals surface area (Å²) in [5.74, 6) is -1.07. The Kier molecular flexibility index (Phi) is 5.89. The highest BCUT2D eigenvalue weighted by Gasteiger charge is 2.26. The Balaban J connectivity index is 2.46. The molecule has 0 bridgehead atoms. The Hall–Kier alpha value is -2.58. The standard InChI is InChI=1S/C17H18ClN3O4S/c1-11-9-14(5-8-16(11)18)21(10-17(19)23)26(24,25)15-6-3-13(4-7-15)20-12(2)22/h3-9H,10H2,1-2H3,(H2,19,23)(H,20,22). The number of aryl methyl sites for hydroxylation is 1. The predicted molar refractivity (Wildman–Crippen MR) is 101 cm³/mol. The number of nitrogens with zero attached hydrogens (tertiary/aromatic N) is 1. The van der Waals surface area contributed by atoms with Gasteiger partial charge in [0.05, 0.1) is 10.6 Å². The summed E-state index contributed by atoms with van der Waals surface area (Å²) in [6, 6.07) is 10.2. The molecule has 0 spiro atoms. The molecular formula is C17H18ClN3O4S. The van der Waals surface area contributed by atoms with E-state index in [4.69, 9.17) is 17.3 Å². The molecule has 0 aliphatic carbocycles. The van der Waals surface area contributed by atoms with Crippen molar-refractivity contribution >= 4 is 44.8 Å². The maximum absolute atomic E-state index is 13.0. The van der Waals surface area contributed by atoms with Gasteiger partial charge in [-0.3, -0.25) is 13.9 Å². The van der Waals surface area contributed by atoms with Crippen molar-refractivity contribution in [2.24, 2.45) is 5.73 Å². The average Bonchev–Trinajstić information content (AvgIpc) is 2.55. The first-order valence-corrected chi connectivity index (χ1v) is 9.38. The number of nitrogens with one attached hydrogen (secondary N) is 1. The molecule has 0 fully saturated rings. The number of nitrogens with two attached hydrogens (primary N) is 1. The van der Waals surface area contributed by atoms with Crippen molar-refractivity contribution in [3.05, 3.63) is 53.1 Å². The van der Waals surface area contributed by atoms with Gasteiger partial charge in [0, 0.05) is 17.6 Å². The van der Waals surface area contributed by atoms with E-state index in [9.17, 15) is 18.0 Å². The molecule has 0 aliphatic heterocycles. The van der Waals surface area contributed by atoms with Gasteiger partial charge in [-0.2, -0.15) is 0 Å². The van der Waals surface area contributed by atoms with Crippen LogP contribution >= 0.6 is 11.6 Å². The normalized spacial score (nSPS) is 11.0. The van der Waals surface area contributed by atoms with Crippen molar-refractivity contribution in [3.8, 4) is 0 Å². The summed E-state index contributed by atoms with van der Waals surface area (Å²) in [4.78, 5) is 22.5. The van der Waals surface area contributed by atoms with E-state index >= 15 is 0 Å². The Morgan fingerprint density at radius 1 is 1.15 bits per heavy atom. The molecule has 7 nitrogen and oxygen atoms in total. The second-order valence-corrected chi connectivity index (χ2v) is 7.89. The number of anilines is 2. The van der Waals surface area contributed by atoms with Crippen LogP contribution in [-0.4, -0.2) is 26.8 Å². The number of sulfonamides is 1. The second-order valence-electron chi connectivity index (χ2n) is 5.62. The summed E-state index contributed by atoms with van der Waals surface area (Å²) < 4.78 is 26.9. The van der Waals surface area contributed by atoms with Crippen LogP contribution in [0.15, 0.2) is 47.4 Å². The highest BCUT2D eigenvalue weighted by Crippen LogP contribution is 2.28. The number of rotatable bonds is 6. The number of hydrogen-bond donors (Lipinski definition) is 2. The maximum Gasteiger partial charge on any atom is 0.264 e. The minimum Gasteiger partial charge on any atom is -0.368 e. The minimum atomic E-state index is -4.05. The zero-order chi connectivity index (χ0) is 19.5. The highest BCUT2D eigenvalue weighted by atomic mass is 35.5. The number of hydrogen-bond acceptors (Lipinski definition) is 4. The summed E-state index contributed by atoms with van der Waals surface area (Å²) in [7, 11) is -4.05. The number of primary amides is 1. The van der Waals surface area contributed by atoms with Crippen molar-refractivity contribution < 1.29 is 18.0 Å². The van der Waals surface area contributed by atoms with Crippen LogP contribution in [0.1, 0.15) is 12.5 Å². The monoisotopic (exact) mass is 395 g/mol. The van der Waals surface area contributed by atoms with Crippen LogP contribution in [-0.2, 0) is 19.6 Å². The van der Waals surface area contributed by atoms with Gasteiger partial charge in [0.1, 0.15) is 6.54 Å². The van der Waals surface area contributed by atoms with E-state index in [-0.39, 0.29) is 16.5 Å².